The highest BCUT2D eigenvalue weighted by Crippen LogP contribution is 2.40. The Morgan fingerprint density at radius 2 is 1.82 bits per heavy atom. The predicted octanol–water partition coefficient (Wildman–Crippen LogP) is 1.72. The molecule has 3 unspecified atom stereocenters. The molecule has 1 aromatic carbocycles. The van der Waals surface area contributed by atoms with Crippen molar-refractivity contribution in [3.8, 4) is 5.75 Å². The van der Waals surface area contributed by atoms with Crippen molar-refractivity contribution in [3.05, 3.63) is 29.8 Å². The first-order chi connectivity index (χ1) is 15.8. The second-order valence-corrected chi connectivity index (χ2v) is 11.6. The van der Waals surface area contributed by atoms with Crippen LogP contribution < -0.4 is 4.74 Å². The summed E-state index contributed by atoms with van der Waals surface area (Å²) >= 11 is 0. The summed E-state index contributed by atoms with van der Waals surface area (Å²) in [5, 5.41) is 0. The molecule has 8 nitrogen and oxygen atoms in total. The fraction of sp³-hybridized carbons (Fsp3) is 0.667. The summed E-state index contributed by atoms with van der Waals surface area (Å²) < 4.78 is 29.0. The van der Waals surface area contributed by atoms with Crippen LogP contribution in [0.1, 0.15) is 44.2 Å². The van der Waals surface area contributed by atoms with E-state index in [2.05, 4.69) is 11.8 Å². The average molecular weight is 478 g/mol. The number of nitrogens with zero attached hydrogens (tertiary/aromatic N) is 3. The maximum Gasteiger partial charge on any atom is 0.228 e. The second-order valence-electron chi connectivity index (χ2n) is 9.39. The molecule has 33 heavy (non-hydrogen) atoms. The van der Waals surface area contributed by atoms with Crippen molar-refractivity contribution < 1.29 is 22.7 Å². The van der Waals surface area contributed by atoms with Crippen LogP contribution in [0.25, 0.3) is 0 Å². The van der Waals surface area contributed by atoms with Gasteiger partial charge in [-0.1, -0.05) is 25.5 Å². The number of piperazine rings is 1. The van der Waals surface area contributed by atoms with Gasteiger partial charge in [-0.05, 0) is 30.5 Å². The van der Waals surface area contributed by atoms with E-state index in [4.69, 9.17) is 4.74 Å². The molecule has 3 heterocycles. The number of likely N-dealkylation sites (tertiary alicyclic amines) is 1. The number of carbonyl (C=O) groups excluding carboxylic acids is 2. The minimum absolute atomic E-state index is 0.0295. The van der Waals surface area contributed by atoms with Crippen LogP contribution in [0.15, 0.2) is 24.3 Å². The van der Waals surface area contributed by atoms with E-state index in [1.165, 1.54) is 0 Å². The normalized spacial score (nSPS) is 27.8. The molecule has 0 saturated carbocycles. The van der Waals surface area contributed by atoms with Gasteiger partial charge in [0.15, 0.2) is 9.84 Å². The fourth-order valence-corrected chi connectivity index (χ4v) is 7.18. The monoisotopic (exact) mass is 477 g/mol. The zero-order valence-corrected chi connectivity index (χ0v) is 20.4. The van der Waals surface area contributed by atoms with E-state index in [1.807, 2.05) is 34.1 Å². The maximum atomic E-state index is 13.6. The zero-order valence-electron chi connectivity index (χ0n) is 19.6. The summed E-state index contributed by atoms with van der Waals surface area (Å²) in [7, 11) is -1.31. The fourth-order valence-electron chi connectivity index (χ4n) is 5.42. The zero-order chi connectivity index (χ0) is 23.6. The number of amides is 2. The van der Waals surface area contributed by atoms with Crippen molar-refractivity contribution in [2.24, 2.45) is 5.92 Å². The first-order valence-corrected chi connectivity index (χ1v) is 13.8. The molecule has 0 N–H and O–H groups in total. The number of carbonyl (C=O) groups is 2. The van der Waals surface area contributed by atoms with Crippen LogP contribution in [0.2, 0.25) is 0 Å². The van der Waals surface area contributed by atoms with Gasteiger partial charge >= 0.3 is 0 Å². The van der Waals surface area contributed by atoms with Gasteiger partial charge in [0, 0.05) is 45.2 Å². The first kappa shape index (κ1) is 24.0. The van der Waals surface area contributed by atoms with E-state index in [1.54, 1.807) is 7.11 Å². The Morgan fingerprint density at radius 1 is 1.12 bits per heavy atom. The molecular weight excluding hydrogens is 442 g/mol. The highest BCUT2D eigenvalue weighted by atomic mass is 32.2. The Kier molecular flexibility index (Phi) is 7.28. The van der Waals surface area contributed by atoms with Crippen LogP contribution in [0.4, 0.5) is 0 Å². The molecule has 3 atom stereocenters. The van der Waals surface area contributed by atoms with Gasteiger partial charge in [0.2, 0.25) is 11.8 Å². The number of unbranched alkanes of at least 4 members (excludes halogenated alkanes) is 1. The summed E-state index contributed by atoms with van der Waals surface area (Å²) in [5.41, 5.74) is 0.964. The van der Waals surface area contributed by atoms with Crippen LogP contribution in [0.3, 0.4) is 0 Å². The van der Waals surface area contributed by atoms with Gasteiger partial charge in [0.05, 0.1) is 30.6 Å². The van der Waals surface area contributed by atoms with Crippen molar-refractivity contribution in [2.75, 3.05) is 51.3 Å². The molecule has 9 heteroatoms. The molecule has 1 aromatic rings. The number of benzene rings is 1. The number of rotatable bonds is 7. The minimum Gasteiger partial charge on any atom is -0.497 e. The van der Waals surface area contributed by atoms with Crippen molar-refractivity contribution in [3.63, 3.8) is 0 Å². The highest BCUT2D eigenvalue weighted by Gasteiger charge is 2.46. The highest BCUT2D eigenvalue weighted by molar-refractivity contribution is 7.91. The molecule has 4 rings (SSSR count). The summed E-state index contributed by atoms with van der Waals surface area (Å²) in [4.78, 5) is 32.5. The standard InChI is InChI=1S/C24H35N3O5S/c1-3-4-10-27-22(28)16-21(23(27)18-5-7-20(32-2)8-6-18)24(29)26-13-11-25(12-14-26)19-9-15-33(30,31)17-19/h5-8,19,21,23H,3-4,9-17H2,1-2H3. The smallest absolute Gasteiger partial charge is 0.228 e. The van der Waals surface area contributed by atoms with Crippen molar-refractivity contribution >= 4 is 21.7 Å². The van der Waals surface area contributed by atoms with E-state index in [-0.39, 0.29) is 41.8 Å². The summed E-state index contributed by atoms with van der Waals surface area (Å²) in [6.45, 7) is 5.26. The van der Waals surface area contributed by atoms with E-state index >= 15 is 0 Å². The van der Waals surface area contributed by atoms with Crippen molar-refractivity contribution in [2.45, 2.75) is 44.7 Å². The van der Waals surface area contributed by atoms with Gasteiger partial charge in [-0.25, -0.2) is 8.42 Å². The first-order valence-electron chi connectivity index (χ1n) is 12.0. The molecule has 0 radical (unpaired) electrons. The molecule has 0 bridgehead atoms. The van der Waals surface area contributed by atoms with Crippen LogP contribution in [-0.4, -0.2) is 92.3 Å². The average Bonchev–Trinajstić information content (AvgIpc) is 3.36. The van der Waals surface area contributed by atoms with Crippen LogP contribution in [0, 0.1) is 5.92 Å². The third-order valence-electron chi connectivity index (χ3n) is 7.31. The molecule has 0 spiro atoms. The summed E-state index contributed by atoms with van der Waals surface area (Å²) in [6, 6.07) is 7.48. The predicted molar refractivity (Wildman–Crippen MR) is 126 cm³/mol. The number of methoxy groups -OCH3 is 1. The Balaban J connectivity index is 1.47. The number of hydrogen-bond donors (Lipinski definition) is 0. The topological polar surface area (TPSA) is 87.2 Å². The maximum absolute atomic E-state index is 13.6. The van der Waals surface area contributed by atoms with Crippen LogP contribution in [0.5, 0.6) is 5.75 Å². The van der Waals surface area contributed by atoms with Gasteiger partial charge in [-0.15, -0.1) is 0 Å². The number of sulfone groups is 1. The molecule has 0 aromatic heterocycles. The SMILES string of the molecule is CCCCN1C(=O)CC(C(=O)N2CCN(C3CCS(=O)(=O)C3)CC2)C1c1ccc(OC)cc1. The van der Waals surface area contributed by atoms with Crippen LogP contribution >= 0.6 is 0 Å². The van der Waals surface area contributed by atoms with Gasteiger partial charge < -0.3 is 14.5 Å². The molecule has 3 aliphatic rings. The molecule has 3 saturated heterocycles. The third-order valence-corrected chi connectivity index (χ3v) is 9.06. The lowest BCUT2D eigenvalue weighted by Gasteiger charge is -2.39. The molecule has 182 valence electrons. The van der Waals surface area contributed by atoms with Crippen molar-refractivity contribution in [1.29, 1.82) is 0 Å². The largest absolute Gasteiger partial charge is 0.497 e. The van der Waals surface area contributed by atoms with Gasteiger partial charge in [0.1, 0.15) is 5.75 Å². The molecule has 0 aliphatic carbocycles. The lowest BCUT2D eigenvalue weighted by molar-refractivity contribution is -0.138. The molecular formula is C24H35N3O5S. The Hall–Kier alpha value is -2.13. The van der Waals surface area contributed by atoms with E-state index in [0.29, 0.717) is 39.1 Å². The minimum atomic E-state index is -2.92. The summed E-state index contributed by atoms with van der Waals surface area (Å²) in [6.07, 6.45) is 2.80. The van der Waals surface area contributed by atoms with E-state index in [0.717, 1.165) is 24.2 Å². The second kappa shape index (κ2) is 10.0. The summed E-state index contributed by atoms with van der Waals surface area (Å²) in [5.74, 6) is 0.902. The quantitative estimate of drug-likeness (QED) is 0.594. The molecule has 2 amide bonds. The van der Waals surface area contributed by atoms with Crippen LogP contribution in [-0.2, 0) is 19.4 Å². The Labute approximate surface area is 196 Å². The number of ether oxygens (including phenoxy) is 1. The third kappa shape index (κ3) is 5.19. The Bertz CT molecular complexity index is 957. The number of hydrogen-bond acceptors (Lipinski definition) is 6. The Morgan fingerprint density at radius 3 is 2.39 bits per heavy atom. The molecule has 3 fully saturated rings. The van der Waals surface area contributed by atoms with Gasteiger partial charge in [-0.2, -0.15) is 0 Å². The lowest BCUT2D eigenvalue weighted by Crippen LogP contribution is -2.53. The lowest BCUT2D eigenvalue weighted by atomic mass is 9.91. The van der Waals surface area contributed by atoms with Gasteiger partial charge in [-0.3, -0.25) is 14.5 Å². The van der Waals surface area contributed by atoms with E-state index in [9.17, 15) is 18.0 Å². The molecule has 3 aliphatic heterocycles. The van der Waals surface area contributed by atoms with Gasteiger partial charge in [0.25, 0.3) is 0 Å². The van der Waals surface area contributed by atoms with Crippen molar-refractivity contribution in [1.82, 2.24) is 14.7 Å². The van der Waals surface area contributed by atoms with E-state index < -0.39 is 15.8 Å².